The topological polar surface area (TPSA) is 86.6 Å². The van der Waals surface area contributed by atoms with E-state index in [1.807, 2.05) is 0 Å². The van der Waals surface area contributed by atoms with Crippen LogP contribution < -0.4 is 18.9 Å². The molecule has 2 aromatic carbocycles. The Kier molecular flexibility index (Phi) is 7.91. The van der Waals surface area contributed by atoms with Crippen LogP contribution in [0.1, 0.15) is 6.42 Å². The van der Waals surface area contributed by atoms with E-state index in [1.54, 1.807) is 50.6 Å². The van der Waals surface area contributed by atoms with E-state index in [0.29, 0.717) is 39.5 Å². The van der Waals surface area contributed by atoms with Crippen LogP contribution in [0.25, 0.3) is 0 Å². The lowest BCUT2D eigenvalue weighted by Crippen LogP contribution is -2.35. The monoisotopic (exact) mass is 458 g/mol. The van der Waals surface area contributed by atoms with Crippen molar-refractivity contribution in [2.45, 2.75) is 30.8 Å². The molecule has 0 aliphatic carbocycles. The molecule has 0 radical (unpaired) electrons. The molecule has 1 aliphatic rings. The maximum Gasteiger partial charge on any atom is 0.138 e. The molecular weight excluding hydrogens is 435 g/mol. The highest BCUT2D eigenvalue weighted by molar-refractivity contribution is 6.32. The predicted octanol–water partition coefficient (Wildman–Crippen LogP) is 3.35. The Labute approximate surface area is 185 Å². The van der Waals surface area contributed by atoms with E-state index in [2.05, 4.69) is 0 Å². The van der Waals surface area contributed by atoms with Gasteiger partial charge in [-0.05, 0) is 24.3 Å². The second-order valence-electron chi connectivity index (χ2n) is 6.74. The van der Waals surface area contributed by atoms with Crippen LogP contribution in [-0.2, 0) is 4.74 Å². The second kappa shape index (κ2) is 10.4. The quantitative estimate of drug-likeness (QED) is 0.595. The fourth-order valence-corrected chi connectivity index (χ4v) is 3.56. The summed E-state index contributed by atoms with van der Waals surface area (Å²) in [6, 6.07) is 10.1. The number of aliphatic hydroxyl groups excluding tert-OH is 2. The Hall–Kier alpha value is -1.90. The van der Waals surface area contributed by atoms with Crippen molar-refractivity contribution in [2.24, 2.45) is 0 Å². The average molecular weight is 459 g/mol. The maximum absolute atomic E-state index is 10.3. The number of benzene rings is 2. The van der Waals surface area contributed by atoms with Crippen LogP contribution >= 0.6 is 23.2 Å². The van der Waals surface area contributed by atoms with Gasteiger partial charge in [-0.3, -0.25) is 0 Å². The Morgan fingerprint density at radius 1 is 0.833 bits per heavy atom. The first-order valence-electron chi connectivity index (χ1n) is 9.37. The van der Waals surface area contributed by atoms with E-state index in [-0.39, 0.29) is 13.2 Å². The number of rotatable bonds is 9. The van der Waals surface area contributed by atoms with Crippen molar-refractivity contribution in [3.63, 3.8) is 0 Å². The van der Waals surface area contributed by atoms with Crippen molar-refractivity contribution < 1.29 is 33.9 Å². The van der Waals surface area contributed by atoms with E-state index < -0.39 is 24.4 Å². The zero-order valence-corrected chi connectivity index (χ0v) is 18.1. The van der Waals surface area contributed by atoms with Crippen molar-refractivity contribution in [1.82, 2.24) is 0 Å². The molecule has 0 spiro atoms. The Morgan fingerprint density at radius 2 is 1.37 bits per heavy atom. The molecule has 1 aliphatic heterocycles. The highest BCUT2D eigenvalue weighted by Gasteiger charge is 2.42. The van der Waals surface area contributed by atoms with Gasteiger partial charge in [0.25, 0.3) is 0 Å². The summed E-state index contributed by atoms with van der Waals surface area (Å²) < 4.78 is 27.3. The maximum atomic E-state index is 10.3. The van der Waals surface area contributed by atoms with Gasteiger partial charge in [0.05, 0.1) is 37.0 Å². The van der Waals surface area contributed by atoms with E-state index in [1.165, 1.54) is 0 Å². The lowest BCUT2D eigenvalue weighted by molar-refractivity contribution is -0.0218. The molecule has 4 atom stereocenters. The summed E-state index contributed by atoms with van der Waals surface area (Å²) in [5.74, 6) is 2.17. The molecule has 1 fully saturated rings. The van der Waals surface area contributed by atoms with E-state index in [0.717, 1.165) is 0 Å². The van der Waals surface area contributed by atoms with Gasteiger partial charge in [0.2, 0.25) is 0 Å². The van der Waals surface area contributed by atoms with Gasteiger partial charge < -0.3 is 33.9 Å². The Balaban J connectivity index is 1.50. The largest absolute Gasteiger partial charge is 0.497 e. The SMILES string of the molecule is COc1ccc(OCC[C@H]2O[C@H](COc3ccc(OC)cc3Cl)[C@@H](O)[C@H]2O)c(Cl)c1. The molecule has 164 valence electrons. The summed E-state index contributed by atoms with van der Waals surface area (Å²) in [6.45, 7) is 0.282. The number of hydrogen-bond donors (Lipinski definition) is 2. The number of ether oxygens (including phenoxy) is 5. The third-order valence-corrected chi connectivity index (χ3v) is 5.39. The van der Waals surface area contributed by atoms with Gasteiger partial charge in [-0.1, -0.05) is 23.2 Å². The fourth-order valence-electron chi connectivity index (χ4n) is 3.11. The van der Waals surface area contributed by atoms with Crippen LogP contribution in [0.2, 0.25) is 10.0 Å². The molecule has 2 N–H and O–H groups in total. The summed E-state index contributed by atoms with van der Waals surface area (Å²) in [5.41, 5.74) is 0. The molecule has 2 aromatic rings. The average Bonchev–Trinajstić information content (AvgIpc) is 3.01. The Morgan fingerprint density at radius 3 is 1.90 bits per heavy atom. The van der Waals surface area contributed by atoms with Crippen LogP contribution in [0.4, 0.5) is 0 Å². The zero-order valence-electron chi connectivity index (χ0n) is 16.6. The fraction of sp³-hybridized carbons (Fsp3) is 0.429. The minimum atomic E-state index is -1.09. The summed E-state index contributed by atoms with van der Waals surface area (Å²) in [6.07, 6.45) is -3.08. The van der Waals surface area contributed by atoms with E-state index >= 15 is 0 Å². The zero-order chi connectivity index (χ0) is 21.7. The highest BCUT2D eigenvalue weighted by Crippen LogP contribution is 2.31. The molecule has 0 bridgehead atoms. The number of hydrogen-bond acceptors (Lipinski definition) is 7. The van der Waals surface area contributed by atoms with Gasteiger partial charge in [-0.25, -0.2) is 0 Å². The lowest BCUT2D eigenvalue weighted by atomic mass is 10.1. The molecule has 1 saturated heterocycles. The van der Waals surface area contributed by atoms with Crippen LogP contribution in [0.15, 0.2) is 36.4 Å². The predicted molar refractivity (Wildman–Crippen MR) is 112 cm³/mol. The van der Waals surface area contributed by atoms with Crippen molar-refractivity contribution in [3.8, 4) is 23.0 Å². The molecule has 0 saturated carbocycles. The molecule has 3 rings (SSSR count). The minimum absolute atomic E-state index is 0.0337. The van der Waals surface area contributed by atoms with E-state index in [9.17, 15) is 10.2 Å². The number of methoxy groups -OCH3 is 2. The van der Waals surface area contributed by atoms with Gasteiger partial charge in [-0.15, -0.1) is 0 Å². The van der Waals surface area contributed by atoms with Crippen LogP contribution in [0.3, 0.4) is 0 Å². The summed E-state index contributed by atoms with van der Waals surface area (Å²) in [5, 5.41) is 21.4. The van der Waals surface area contributed by atoms with Crippen molar-refractivity contribution in [3.05, 3.63) is 46.4 Å². The highest BCUT2D eigenvalue weighted by atomic mass is 35.5. The number of halogens is 2. The third-order valence-electron chi connectivity index (χ3n) is 4.80. The molecule has 7 nitrogen and oxygen atoms in total. The second-order valence-corrected chi connectivity index (χ2v) is 7.55. The van der Waals surface area contributed by atoms with Crippen molar-refractivity contribution in [1.29, 1.82) is 0 Å². The summed E-state index contributed by atoms with van der Waals surface area (Å²) >= 11 is 12.3. The minimum Gasteiger partial charge on any atom is -0.497 e. The Bertz CT molecular complexity index is 848. The van der Waals surface area contributed by atoms with Crippen molar-refractivity contribution >= 4 is 23.2 Å². The van der Waals surface area contributed by atoms with Crippen LogP contribution in [0.5, 0.6) is 23.0 Å². The van der Waals surface area contributed by atoms with Gasteiger partial charge >= 0.3 is 0 Å². The molecule has 0 aromatic heterocycles. The smallest absolute Gasteiger partial charge is 0.138 e. The lowest BCUT2D eigenvalue weighted by Gasteiger charge is -2.16. The molecule has 30 heavy (non-hydrogen) atoms. The van der Waals surface area contributed by atoms with Crippen molar-refractivity contribution in [2.75, 3.05) is 27.4 Å². The summed E-state index contributed by atoms with van der Waals surface area (Å²) in [4.78, 5) is 0. The number of aliphatic hydroxyl groups is 2. The van der Waals surface area contributed by atoms with Crippen LogP contribution in [-0.4, -0.2) is 62.1 Å². The van der Waals surface area contributed by atoms with Gasteiger partial charge in [0, 0.05) is 18.6 Å². The van der Waals surface area contributed by atoms with E-state index in [4.69, 9.17) is 46.9 Å². The van der Waals surface area contributed by atoms with Gasteiger partial charge in [0.15, 0.2) is 0 Å². The molecule has 0 unspecified atom stereocenters. The van der Waals surface area contributed by atoms with Crippen LogP contribution in [0, 0.1) is 0 Å². The molecule has 9 heteroatoms. The summed E-state index contributed by atoms with van der Waals surface area (Å²) in [7, 11) is 3.10. The first-order chi connectivity index (χ1) is 14.4. The molecule has 1 heterocycles. The van der Waals surface area contributed by atoms with Gasteiger partial charge in [0.1, 0.15) is 47.9 Å². The van der Waals surface area contributed by atoms with Gasteiger partial charge in [-0.2, -0.15) is 0 Å². The molecule has 0 amide bonds. The normalized spacial score (nSPS) is 23.3. The standard InChI is InChI=1S/C21H24Cl2O7/c1-26-12-3-5-16(14(22)9-12)28-8-7-18-20(24)21(25)19(30-18)11-29-17-6-4-13(27-2)10-15(17)23/h3-6,9-10,18-21,24-25H,7-8,11H2,1-2H3/t18-,19-,20+,21-/m1/s1. The third kappa shape index (κ3) is 5.42. The first kappa shape index (κ1) is 22.8. The first-order valence-corrected chi connectivity index (χ1v) is 10.1. The molecular formula is C21H24Cl2O7.